The highest BCUT2D eigenvalue weighted by Gasteiger charge is 2.27. The van der Waals surface area contributed by atoms with Gasteiger partial charge < -0.3 is 19.7 Å². The highest BCUT2D eigenvalue weighted by molar-refractivity contribution is 7.89. The predicted molar refractivity (Wildman–Crippen MR) is 132 cm³/mol. The van der Waals surface area contributed by atoms with Crippen LogP contribution < -0.4 is 15.0 Å². The molecule has 2 heterocycles. The van der Waals surface area contributed by atoms with Crippen molar-refractivity contribution in [3.63, 3.8) is 0 Å². The Morgan fingerprint density at radius 3 is 2.43 bits per heavy atom. The number of anilines is 2. The first-order valence-electron chi connectivity index (χ1n) is 11.8. The molecule has 2 fully saturated rings. The minimum absolute atomic E-state index is 0.167. The zero-order chi connectivity index (χ0) is 24.7. The van der Waals surface area contributed by atoms with Crippen molar-refractivity contribution in [1.82, 2.24) is 4.31 Å². The number of amides is 1. The Labute approximate surface area is 206 Å². The Bertz CT molecular complexity index is 1170. The molecule has 0 aliphatic carbocycles. The van der Waals surface area contributed by atoms with Crippen LogP contribution in [0.2, 0.25) is 0 Å². The van der Waals surface area contributed by atoms with E-state index in [2.05, 4.69) is 16.3 Å². The fourth-order valence-corrected chi connectivity index (χ4v) is 5.78. The van der Waals surface area contributed by atoms with Crippen molar-refractivity contribution in [2.75, 3.05) is 56.2 Å². The smallest absolute Gasteiger partial charge is 0.262 e. The molecular formula is C25H30N4O5S. The molecule has 2 aliphatic heterocycles. The van der Waals surface area contributed by atoms with Crippen LogP contribution in [0, 0.1) is 11.3 Å². The molecule has 0 atom stereocenters. The number of sulfonamides is 1. The third kappa shape index (κ3) is 6.31. The van der Waals surface area contributed by atoms with Gasteiger partial charge in [-0.3, -0.25) is 4.79 Å². The van der Waals surface area contributed by atoms with E-state index in [1.165, 1.54) is 4.31 Å². The van der Waals surface area contributed by atoms with E-state index in [9.17, 15) is 13.2 Å². The normalized spacial score (nSPS) is 16.9. The summed E-state index contributed by atoms with van der Waals surface area (Å²) in [4.78, 5) is 15.0. The standard InChI is InChI=1S/C25H30N4O5S/c26-11-10-20-4-6-21(7-5-20)34-19-25(30)27-23-18-22(35(31,32)29-12-2-1-3-13-29)8-9-24(23)28-14-16-33-17-15-28/h4-9,18H,1-3,10,12-17,19H2,(H,27,30). The molecule has 186 valence electrons. The van der Waals surface area contributed by atoms with Gasteiger partial charge in [-0.1, -0.05) is 18.6 Å². The lowest BCUT2D eigenvalue weighted by Crippen LogP contribution is -2.37. The van der Waals surface area contributed by atoms with Crippen molar-refractivity contribution in [2.45, 2.75) is 30.6 Å². The van der Waals surface area contributed by atoms with E-state index in [1.807, 2.05) is 0 Å². The Hall–Kier alpha value is -3.13. The monoisotopic (exact) mass is 498 g/mol. The molecule has 2 aliphatic rings. The van der Waals surface area contributed by atoms with Gasteiger partial charge in [0, 0.05) is 26.2 Å². The average molecular weight is 499 g/mol. The van der Waals surface area contributed by atoms with Crippen molar-refractivity contribution >= 4 is 27.3 Å². The molecule has 2 saturated heterocycles. The summed E-state index contributed by atoms with van der Waals surface area (Å²) in [6.07, 6.45) is 3.04. The van der Waals surface area contributed by atoms with Crippen LogP contribution in [0.1, 0.15) is 24.8 Å². The van der Waals surface area contributed by atoms with Crippen molar-refractivity contribution in [1.29, 1.82) is 5.26 Å². The number of benzene rings is 2. The van der Waals surface area contributed by atoms with E-state index in [0.717, 1.165) is 30.5 Å². The number of carbonyl (C=O) groups is 1. The summed E-state index contributed by atoms with van der Waals surface area (Å²) in [5, 5.41) is 11.6. The first kappa shape index (κ1) is 25.0. The lowest BCUT2D eigenvalue weighted by molar-refractivity contribution is -0.118. The molecule has 0 aromatic heterocycles. The van der Waals surface area contributed by atoms with Gasteiger partial charge in [-0.2, -0.15) is 9.57 Å². The van der Waals surface area contributed by atoms with Crippen molar-refractivity contribution in [3.8, 4) is 11.8 Å². The van der Waals surface area contributed by atoms with E-state index >= 15 is 0 Å². The zero-order valence-corrected chi connectivity index (χ0v) is 20.4. The molecular weight excluding hydrogens is 468 g/mol. The summed E-state index contributed by atoms with van der Waals surface area (Å²) in [5.41, 5.74) is 2.05. The SMILES string of the molecule is N#CCc1ccc(OCC(=O)Nc2cc(S(=O)(=O)N3CCCCC3)ccc2N2CCOCC2)cc1. The number of nitrogens with zero attached hydrogens (tertiary/aromatic N) is 3. The fourth-order valence-electron chi connectivity index (χ4n) is 4.24. The van der Waals surface area contributed by atoms with Crippen molar-refractivity contribution in [3.05, 3.63) is 48.0 Å². The molecule has 35 heavy (non-hydrogen) atoms. The van der Waals surface area contributed by atoms with Gasteiger partial charge in [-0.05, 0) is 48.7 Å². The van der Waals surface area contributed by atoms with Gasteiger partial charge in [0.25, 0.3) is 5.91 Å². The maximum absolute atomic E-state index is 13.2. The van der Waals surface area contributed by atoms with E-state index in [1.54, 1.807) is 42.5 Å². The first-order valence-corrected chi connectivity index (χ1v) is 13.3. The predicted octanol–water partition coefficient (Wildman–Crippen LogP) is 2.78. The van der Waals surface area contributed by atoms with Crippen LogP contribution in [0.4, 0.5) is 11.4 Å². The summed E-state index contributed by atoms with van der Waals surface area (Å²) in [7, 11) is -3.65. The van der Waals surface area contributed by atoms with Crippen LogP contribution in [0.25, 0.3) is 0 Å². The molecule has 0 bridgehead atoms. The second kappa shape index (κ2) is 11.5. The lowest BCUT2D eigenvalue weighted by atomic mass is 10.2. The Balaban J connectivity index is 1.51. The van der Waals surface area contributed by atoms with E-state index in [0.29, 0.717) is 57.3 Å². The van der Waals surface area contributed by atoms with Gasteiger partial charge in [0.2, 0.25) is 10.0 Å². The quantitative estimate of drug-likeness (QED) is 0.596. The summed E-state index contributed by atoms with van der Waals surface area (Å²) >= 11 is 0. The van der Waals surface area contributed by atoms with Crippen LogP contribution >= 0.6 is 0 Å². The molecule has 2 aromatic carbocycles. The number of nitrogens with one attached hydrogen (secondary N) is 1. The zero-order valence-electron chi connectivity index (χ0n) is 19.6. The highest BCUT2D eigenvalue weighted by atomic mass is 32.2. The minimum Gasteiger partial charge on any atom is -0.484 e. The van der Waals surface area contributed by atoms with Crippen LogP contribution in [-0.2, 0) is 26.0 Å². The van der Waals surface area contributed by atoms with E-state index in [-0.39, 0.29) is 11.5 Å². The molecule has 0 spiro atoms. The number of piperidine rings is 1. The summed E-state index contributed by atoms with van der Waals surface area (Å²) in [6.45, 7) is 3.20. The fraction of sp³-hybridized carbons (Fsp3) is 0.440. The first-order chi connectivity index (χ1) is 17.0. The second-order valence-corrected chi connectivity index (χ2v) is 10.5. The van der Waals surface area contributed by atoms with Crippen LogP contribution in [0.5, 0.6) is 5.75 Å². The molecule has 1 N–H and O–H groups in total. The number of rotatable bonds is 8. The molecule has 1 amide bonds. The number of nitriles is 1. The third-order valence-electron chi connectivity index (χ3n) is 6.12. The van der Waals surface area contributed by atoms with Crippen molar-refractivity contribution < 1.29 is 22.7 Å². The van der Waals surface area contributed by atoms with Gasteiger partial charge in [0.1, 0.15) is 5.75 Å². The maximum Gasteiger partial charge on any atom is 0.262 e. The largest absolute Gasteiger partial charge is 0.484 e. The molecule has 4 rings (SSSR count). The number of morpholine rings is 1. The minimum atomic E-state index is -3.65. The second-order valence-electron chi connectivity index (χ2n) is 8.56. The van der Waals surface area contributed by atoms with Crippen LogP contribution in [0.3, 0.4) is 0 Å². The van der Waals surface area contributed by atoms with Gasteiger partial charge >= 0.3 is 0 Å². The van der Waals surface area contributed by atoms with E-state index < -0.39 is 15.9 Å². The highest BCUT2D eigenvalue weighted by Crippen LogP contribution is 2.31. The Morgan fingerprint density at radius 1 is 1.03 bits per heavy atom. The summed E-state index contributed by atoms with van der Waals surface area (Å²) in [6, 6.07) is 14.0. The summed E-state index contributed by atoms with van der Waals surface area (Å²) < 4.78 is 39.0. The lowest BCUT2D eigenvalue weighted by Gasteiger charge is -2.31. The van der Waals surface area contributed by atoms with Gasteiger partial charge in [0.05, 0.1) is 42.0 Å². The molecule has 2 aromatic rings. The van der Waals surface area contributed by atoms with Crippen molar-refractivity contribution in [2.24, 2.45) is 0 Å². The topological polar surface area (TPSA) is 112 Å². The Kier molecular flexibility index (Phi) is 8.23. The van der Waals surface area contributed by atoms with Gasteiger partial charge in [-0.15, -0.1) is 0 Å². The summed E-state index contributed by atoms with van der Waals surface area (Å²) in [5.74, 6) is 0.116. The molecule has 0 radical (unpaired) electrons. The molecule has 0 saturated carbocycles. The molecule has 0 unspecified atom stereocenters. The number of hydrogen-bond donors (Lipinski definition) is 1. The molecule has 9 nitrogen and oxygen atoms in total. The molecule has 10 heteroatoms. The van der Waals surface area contributed by atoms with Crippen LogP contribution in [0.15, 0.2) is 47.4 Å². The number of hydrogen-bond acceptors (Lipinski definition) is 7. The maximum atomic E-state index is 13.2. The number of carbonyl (C=O) groups excluding carboxylic acids is 1. The third-order valence-corrected chi connectivity index (χ3v) is 8.02. The van der Waals surface area contributed by atoms with Gasteiger partial charge in [-0.25, -0.2) is 8.42 Å². The number of ether oxygens (including phenoxy) is 2. The van der Waals surface area contributed by atoms with Crippen LogP contribution in [-0.4, -0.2) is 64.6 Å². The van der Waals surface area contributed by atoms with Gasteiger partial charge in [0.15, 0.2) is 6.61 Å². The average Bonchev–Trinajstić information content (AvgIpc) is 2.89. The Morgan fingerprint density at radius 2 is 1.74 bits per heavy atom. The van der Waals surface area contributed by atoms with E-state index in [4.69, 9.17) is 14.7 Å².